The number of pyridine rings is 1. The maximum atomic E-state index is 12.1. The number of aryl methyl sites for hydroxylation is 2. The highest BCUT2D eigenvalue weighted by molar-refractivity contribution is 5.99. The van der Waals surface area contributed by atoms with Crippen LogP contribution in [0.4, 0.5) is 5.82 Å². The monoisotopic (exact) mass is 478 g/mol. The SMILES string of the molecule is C=CC(=O)N1CC2(CCN(c3nc4c(c(-c5c(C)ccc6cnn(C)c56)c3C#N)CC3CC4C3)C2)C1. The van der Waals surface area contributed by atoms with E-state index >= 15 is 0 Å². The van der Waals surface area contributed by atoms with Crippen LogP contribution in [0, 0.1) is 29.6 Å². The lowest BCUT2D eigenvalue weighted by Gasteiger charge is -2.47. The fourth-order valence-electron chi connectivity index (χ4n) is 7.30. The van der Waals surface area contributed by atoms with Crippen LogP contribution in [0.1, 0.15) is 47.6 Å². The van der Waals surface area contributed by atoms with Gasteiger partial charge in [-0.3, -0.25) is 9.48 Å². The first kappa shape index (κ1) is 21.6. The van der Waals surface area contributed by atoms with Crippen molar-refractivity contribution in [3.8, 4) is 17.2 Å². The van der Waals surface area contributed by atoms with E-state index in [0.29, 0.717) is 17.4 Å². The molecule has 2 aromatic heterocycles. The summed E-state index contributed by atoms with van der Waals surface area (Å²) in [5, 5.41) is 16.3. The molecule has 4 heterocycles. The predicted octanol–water partition coefficient (Wildman–Crippen LogP) is 4.09. The van der Waals surface area contributed by atoms with E-state index in [0.717, 1.165) is 72.4 Å². The molecular formula is C29H30N6O. The number of carbonyl (C=O) groups is 1. The minimum absolute atomic E-state index is 0.00488. The molecular weight excluding hydrogens is 448 g/mol. The van der Waals surface area contributed by atoms with Gasteiger partial charge in [0.25, 0.3) is 0 Å². The highest BCUT2D eigenvalue weighted by atomic mass is 16.2. The second-order valence-corrected chi connectivity index (χ2v) is 11.4. The van der Waals surface area contributed by atoms with E-state index in [-0.39, 0.29) is 11.3 Å². The summed E-state index contributed by atoms with van der Waals surface area (Å²) in [6.07, 6.45) is 7.74. The van der Waals surface area contributed by atoms with Crippen LogP contribution in [0.2, 0.25) is 0 Å². The van der Waals surface area contributed by atoms with Gasteiger partial charge in [-0.25, -0.2) is 4.98 Å². The highest BCUT2D eigenvalue weighted by Crippen LogP contribution is 2.54. The van der Waals surface area contributed by atoms with Crippen LogP contribution in [0.3, 0.4) is 0 Å². The molecule has 3 aliphatic carbocycles. The summed E-state index contributed by atoms with van der Waals surface area (Å²) in [5.41, 5.74) is 7.72. The number of carbonyl (C=O) groups excluding carboxylic acids is 1. The molecule has 5 aliphatic rings. The number of nitrogens with zero attached hydrogens (tertiary/aromatic N) is 6. The van der Waals surface area contributed by atoms with Crippen LogP contribution in [-0.2, 0) is 18.3 Å². The Bertz CT molecular complexity index is 1500. The topological polar surface area (TPSA) is 78.1 Å². The number of benzene rings is 1. The van der Waals surface area contributed by atoms with Crippen molar-refractivity contribution in [2.75, 3.05) is 31.1 Å². The second-order valence-electron chi connectivity index (χ2n) is 11.4. The van der Waals surface area contributed by atoms with Crippen LogP contribution in [0.15, 0.2) is 31.0 Å². The van der Waals surface area contributed by atoms with Gasteiger partial charge in [-0.05, 0) is 55.7 Å². The molecule has 182 valence electrons. The van der Waals surface area contributed by atoms with Crippen LogP contribution in [0.25, 0.3) is 22.0 Å². The number of fused-ring (bicyclic) bond motifs is 1. The zero-order valence-electron chi connectivity index (χ0n) is 20.9. The maximum absolute atomic E-state index is 12.1. The minimum Gasteiger partial charge on any atom is -0.355 e. The van der Waals surface area contributed by atoms with Gasteiger partial charge in [0.05, 0.1) is 11.7 Å². The van der Waals surface area contributed by atoms with E-state index in [2.05, 4.69) is 41.7 Å². The number of rotatable bonds is 3. The Balaban J connectivity index is 1.39. The summed E-state index contributed by atoms with van der Waals surface area (Å²) >= 11 is 0. The first-order chi connectivity index (χ1) is 17.4. The molecule has 1 saturated carbocycles. The Morgan fingerprint density at radius 1 is 1.25 bits per heavy atom. The van der Waals surface area contributed by atoms with E-state index < -0.39 is 0 Å². The zero-order chi connectivity index (χ0) is 24.8. The number of likely N-dealkylation sites (tertiary alicyclic amines) is 1. The second kappa shape index (κ2) is 7.42. The van der Waals surface area contributed by atoms with Gasteiger partial charge in [0.1, 0.15) is 17.5 Å². The van der Waals surface area contributed by atoms with Gasteiger partial charge in [0.2, 0.25) is 5.91 Å². The molecule has 7 nitrogen and oxygen atoms in total. The molecule has 0 radical (unpaired) electrons. The number of hydrogen-bond acceptors (Lipinski definition) is 5. The molecule has 3 aromatic rings. The van der Waals surface area contributed by atoms with Gasteiger partial charge < -0.3 is 9.80 Å². The molecule has 2 aliphatic heterocycles. The van der Waals surface area contributed by atoms with Crippen molar-refractivity contribution < 1.29 is 4.79 Å². The standard InChI is InChI=1S/C29H30N6O/c1-4-23(36)35-15-29(16-35)7-8-34(14-29)28-22(12-30)25(21-11-18-9-20(10-18)26(21)32-28)24-17(2)5-6-19-13-31-33(3)27(19)24/h4-6,13,18,20H,1,7-11,14-16H2,2-3H3. The molecule has 0 N–H and O–H groups in total. The van der Waals surface area contributed by atoms with Crippen molar-refractivity contribution in [1.82, 2.24) is 19.7 Å². The number of anilines is 1. The van der Waals surface area contributed by atoms with Gasteiger partial charge in [-0.1, -0.05) is 18.7 Å². The Labute approximate surface area is 211 Å². The molecule has 8 rings (SSSR count). The lowest BCUT2D eigenvalue weighted by Crippen LogP contribution is -2.59. The third-order valence-electron chi connectivity index (χ3n) is 9.18. The normalized spacial score (nSPS) is 23.2. The largest absolute Gasteiger partial charge is 0.355 e. The molecule has 36 heavy (non-hydrogen) atoms. The van der Waals surface area contributed by atoms with E-state index in [1.165, 1.54) is 30.2 Å². The van der Waals surface area contributed by atoms with Gasteiger partial charge in [0.15, 0.2) is 0 Å². The van der Waals surface area contributed by atoms with Crippen LogP contribution >= 0.6 is 0 Å². The zero-order valence-corrected chi connectivity index (χ0v) is 20.9. The third-order valence-corrected chi connectivity index (χ3v) is 9.18. The van der Waals surface area contributed by atoms with Crippen molar-refractivity contribution in [3.05, 3.63) is 53.4 Å². The van der Waals surface area contributed by atoms with E-state index in [4.69, 9.17) is 4.98 Å². The Morgan fingerprint density at radius 3 is 2.81 bits per heavy atom. The van der Waals surface area contributed by atoms with Gasteiger partial charge >= 0.3 is 0 Å². The molecule has 1 aromatic carbocycles. The predicted molar refractivity (Wildman–Crippen MR) is 139 cm³/mol. The molecule has 1 amide bonds. The smallest absolute Gasteiger partial charge is 0.245 e. The Morgan fingerprint density at radius 2 is 2.06 bits per heavy atom. The molecule has 0 atom stereocenters. The van der Waals surface area contributed by atoms with Gasteiger partial charge in [-0.2, -0.15) is 10.4 Å². The van der Waals surface area contributed by atoms with Gasteiger partial charge in [-0.15, -0.1) is 0 Å². The van der Waals surface area contributed by atoms with Gasteiger partial charge in [0, 0.05) is 66.8 Å². The van der Waals surface area contributed by atoms with Crippen molar-refractivity contribution in [3.63, 3.8) is 0 Å². The number of nitriles is 1. The van der Waals surface area contributed by atoms with E-state index in [1.54, 1.807) is 0 Å². The fraction of sp³-hybridized carbons (Fsp3) is 0.448. The van der Waals surface area contributed by atoms with Crippen LogP contribution < -0.4 is 4.90 Å². The number of aromatic nitrogens is 3. The Hall–Kier alpha value is -3.66. The molecule has 3 fully saturated rings. The molecule has 0 unspecified atom stereocenters. The summed E-state index contributed by atoms with van der Waals surface area (Å²) in [7, 11) is 1.99. The average Bonchev–Trinajstić information content (AvgIpc) is 3.45. The summed E-state index contributed by atoms with van der Waals surface area (Å²) in [4.78, 5) is 21.5. The van der Waals surface area contributed by atoms with E-state index in [1.807, 2.05) is 22.8 Å². The lowest BCUT2D eigenvalue weighted by atomic mass is 9.63. The first-order valence-corrected chi connectivity index (χ1v) is 13.0. The van der Waals surface area contributed by atoms with Crippen LogP contribution in [-0.4, -0.2) is 51.8 Å². The minimum atomic E-state index is 0.00488. The van der Waals surface area contributed by atoms with Crippen molar-refractivity contribution in [2.45, 2.75) is 38.5 Å². The quantitative estimate of drug-likeness (QED) is 0.530. The average molecular weight is 479 g/mol. The summed E-state index contributed by atoms with van der Waals surface area (Å²) < 4.78 is 1.94. The lowest BCUT2D eigenvalue weighted by molar-refractivity contribution is -0.136. The van der Waals surface area contributed by atoms with Crippen molar-refractivity contribution in [1.29, 1.82) is 5.26 Å². The van der Waals surface area contributed by atoms with Crippen molar-refractivity contribution >= 4 is 22.6 Å². The maximum Gasteiger partial charge on any atom is 0.245 e. The van der Waals surface area contributed by atoms with E-state index in [9.17, 15) is 10.1 Å². The molecule has 1 spiro atoms. The fourth-order valence-corrected chi connectivity index (χ4v) is 7.30. The molecule has 7 heteroatoms. The molecule has 2 bridgehead atoms. The summed E-state index contributed by atoms with van der Waals surface area (Å²) in [6.45, 7) is 8.97. The Kier molecular flexibility index (Phi) is 4.46. The number of hydrogen-bond donors (Lipinski definition) is 0. The highest BCUT2D eigenvalue weighted by Gasteiger charge is 2.50. The van der Waals surface area contributed by atoms with Crippen LogP contribution in [0.5, 0.6) is 0 Å². The molecule has 2 saturated heterocycles. The summed E-state index contributed by atoms with van der Waals surface area (Å²) in [5.74, 6) is 2.03. The van der Waals surface area contributed by atoms with Crippen molar-refractivity contribution in [2.24, 2.45) is 18.4 Å². The summed E-state index contributed by atoms with van der Waals surface area (Å²) in [6, 6.07) is 6.89. The number of amides is 1. The first-order valence-electron chi connectivity index (χ1n) is 13.0. The third kappa shape index (κ3) is 2.87.